The van der Waals surface area contributed by atoms with Gasteiger partial charge in [0.2, 0.25) is 0 Å². The molecule has 6 atom stereocenters. The average molecular weight is 417 g/mol. The number of hydrogen-bond acceptors (Lipinski definition) is 5. The summed E-state index contributed by atoms with van der Waals surface area (Å²) in [5.74, 6) is -1.49. The summed E-state index contributed by atoms with van der Waals surface area (Å²) in [7, 11) is 0. The Morgan fingerprint density at radius 3 is 2.53 bits per heavy atom. The zero-order valence-corrected chi connectivity index (χ0v) is 19.3. The van der Waals surface area contributed by atoms with Crippen molar-refractivity contribution in [2.75, 3.05) is 0 Å². The van der Waals surface area contributed by atoms with Crippen LogP contribution in [0.2, 0.25) is 0 Å². The molecule has 2 bridgehead atoms. The van der Waals surface area contributed by atoms with E-state index in [1.54, 1.807) is 12.2 Å². The number of allylic oxidation sites excluding steroid dienone is 3. The second kappa shape index (κ2) is 8.08. The van der Waals surface area contributed by atoms with Crippen molar-refractivity contribution in [1.29, 1.82) is 0 Å². The Bertz CT molecular complexity index is 804. The minimum absolute atomic E-state index is 0.0247. The van der Waals surface area contributed by atoms with Crippen LogP contribution in [0.25, 0.3) is 0 Å². The molecule has 0 saturated carbocycles. The third-order valence-electron chi connectivity index (χ3n) is 6.86. The van der Waals surface area contributed by atoms with Crippen LogP contribution in [0.4, 0.5) is 0 Å². The van der Waals surface area contributed by atoms with E-state index in [0.29, 0.717) is 6.42 Å². The molecular formula is C25H36O5. The Kier molecular flexibility index (Phi) is 6.18. The van der Waals surface area contributed by atoms with Gasteiger partial charge in [0.25, 0.3) is 5.79 Å². The lowest BCUT2D eigenvalue weighted by molar-refractivity contribution is -0.229. The Labute approximate surface area is 180 Å². The molecule has 5 heteroatoms. The molecule has 3 rings (SSSR count). The number of ether oxygens (including phenoxy) is 2. The summed E-state index contributed by atoms with van der Waals surface area (Å²) in [5.41, 5.74) is 0.759. The number of fused-ring (bicyclic) bond motifs is 3. The smallest absolute Gasteiger partial charge is 0.309 e. The number of rotatable bonds is 4. The minimum Gasteiger partial charge on any atom is -0.425 e. The fourth-order valence-corrected chi connectivity index (χ4v) is 5.13. The van der Waals surface area contributed by atoms with Gasteiger partial charge in [0.05, 0.1) is 6.10 Å². The molecule has 0 saturated heterocycles. The van der Waals surface area contributed by atoms with E-state index in [4.69, 9.17) is 9.47 Å². The van der Waals surface area contributed by atoms with Crippen LogP contribution in [0.1, 0.15) is 61.3 Å². The van der Waals surface area contributed by atoms with Gasteiger partial charge < -0.3 is 14.6 Å². The van der Waals surface area contributed by atoms with E-state index in [1.165, 1.54) is 0 Å². The SMILES string of the molecule is CC1=CC(=O)C(C(C)C)C2C=C(C)C3(OC(=O)CC(C)C)C=CC(C)(O3)C(O)CC12. The van der Waals surface area contributed by atoms with Crippen molar-refractivity contribution in [3.8, 4) is 0 Å². The number of esters is 1. The molecule has 5 nitrogen and oxygen atoms in total. The molecule has 0 spiro atoms. The molecular weight excluding hydrogens is 380 g/mol. The van der Waals surface area contributed by atoms with E-state index in [2.05, 4.69) is 19.9 Å². The fraction of sp³-hybridized carbons (Fsp3) is 0.680. The molecule has 1 aliphatic carbocycles. The summed E-state index contributed by atoms with van der Waals surface area (Å²) in [6.07, 6.45) is 7.33. The quantitative estimate of drug-likeness (QED) is 0.544. The second-order valence-corrected chi connectivity index (χ2v) is 10.2. The number of carbonyl (C=O) groups is 2. The number of aliphatic hydroxyl groups excluding tert-OH is 1. The Balaban J connectivity index is 2.10. The van der Waals surface area contributed by atoms with Crippen LogP contribution in [0.15, 0.2) is 35.5 Å². The first-order valence-corrected chi connectivity index (χ1v) is 11.1. The van der Waals surface area contributed by atoms with Crippen molar-refractivity contribution in [2.45, 2.75) is 78.8 Å². The Morgan fingerprint density at radius 2 is 1.93 bits per heavy atom. The molecule has 3 aliphatic rings. The fourth-order valence-electron chi connectivity index (χ4n) is 5.13. The maximum absolute atomic E-state index is 12.9. The van der Waals surface area contributed by atoms with Crippen LogP contribution in [0, 0.1) is 29.6 Å². The topological polar surface area (TPSA) is 72.8 Å². The van der Waals surface area contributed by atoms with Crippen molar-refractivity contribution in [2.24, 2.45) is 29.6 Å². The molecule has 2 heterocycles. The predicted octanol–water partition coefficient (Wildman–Crippen LogP) is 4.36. The monoisotopic (exact) mass is 416 g/mol. The van der Waals surface area contributed by atoms with Gasteiger partial charge >= 0.3 is 5.97 Å². The number of ketones is 1. The van der Waals surface area contributed by atoms with E-state index in [-0.39, 0.29) is 47.8 Å². The first-order chi connectivity index (χ1) is 13.9. The first kappa shape index (κ1) is 23.0. The molecule has 0 aromatic heterocycles. The van der Waals surface area contributed by atoms with E-state index < -0.39 is 17.5 Å². The first-order valence-electron chi connectivity index (χ1n) is 11.1. The molecule has 0 aromatic rings. The van der Waals surface area contributed by atoms with Gasteiger partial charge in [-0.2, -0.15) is 0 Å². The Hall–Kier alpha value is -1.72. The van der Waals surface area contributed by atoms with Crippen LogP contribution in [-0.4, -0.2) is 34.4 Å². The molecule has 1 N–H and O–H groups in total. The number of hydrogen-bond donors (Lipinski definition) is 1. The maximum Gasteiger partial charge on any atom is 0.309 e. The highest BCUT2D eigenvalue weighted by atomic mass is 16.7. The van der Waals surface area contributed by atoms with E-state index in [0.717, 1.165) is 11.1 Å². The summed E-state index contributed by atoms with van der Waals surface area (Å²) >= 11 is 0. The summed E-state index contributed by atoms with van der Waals surface area (Å²) in [5, 5.41) is 11.2. The van der Waals surface area contributed by atoms with Gasteiger partial charge in [-0.1, -0.05) is 39.3 Å². The van der Waals surface area contributed by atoms with Crippen LogP contribution >= 0.6 is 0 Å². The standard InChI is InChI=1S/C25H36O5/c1-14(2)10-22(28)29-25-9-8-24(7,30-25)21(27)13-18-16(5)11-20(26)23(15(3)4)19(18)12-17(25)6/h8-9,11-12,14-15,18-19,21,23,27H,10,13H2,1-7H3. The minimum atomic E-state index is -1.35. The lowest BCUT2D eigenvalue weighted by atomic mass is 9.65. The molecule has 30 heavy (non-hydrogen) atoms. The summed E-state index contributed by atoms with van der Waals surface area (Å²) < 4.78 is 12.2. The third-order valence-corrected chi connectivity index (χ3v) is 6.86. The zero-order valence-electron chi connectivity index (χ0n) is 19.3. The van der Waals surface area contributed by atoms with Crippen molar-refractivity contribution in [3.63, 3.8) is 0 Å². The lowest BCUT2D eigenvalue weighted by Gasteiger charge is -2.39. The summed E-state index contributed by atoms with van der Waals surface area (Å²) in [4.78, 5) is 25.5. The average Bonchev–Trinajstić information content (AvgIpc) is 2.96. The molecule has 0 aromatic carbocycles. The number of carbonyl (C=O) groups excluding carboxylic acids is 2. The predicted molar refractivity (Wildman–Crippen MR) is 115 cm³/mol. The molecule has 0 fully saturated rings. The normalized spacial score (nSPS) is 38.5. The molecule has 0 amide bonds. The van der Waals surface area contributed by atoms with Gasteiger partial charge in [-0.05, 0) is 74.7 Å². The highest BCUT2D eigenvalue weighted by molar-refractivity contribution is 5.94. The van der Waals surface area contributed by atoms with Crippen molar-refractivity contribution in [3.05, 3.63) is 35.5 Å². The molecule has 0 radical (unpaired) electrons. The summed E-state index contributed by atoms with van der Waals surface area (Å²) in [6.45, 7) is 13.7. The molecule has 2 aliphatic heterocycles. The highest BCUT2D eigenvalue weighted by Crippen LogP contribution is 2.48. The van der Waals surface area contributed by atoms with Gasteiger partial charge in [0.1, 0.15) is 5.60 Å². The van der Waals surface area contributed by atoms with Crippen molar-refractivity contribution in [1.82, 2.24) is 0 Å². The Morgan fingerprint density at radius 1 is 1.27 bits per heavy atom. The van der Waals surface area contributed by atoms with Gasteiger partial charge in [-0.25, -0.2) is 0 Å². The van der Waals surface area contributed by atoms with Gasteiger partial charge in [-0.15, -0.1) is 0 Å². The van der Waals surface area contributed by atoms with Crippen molar-refractivity contribution < 1.29 is 24.2 Å². The third kappa shape index (κ3) is 4.06. The van der Waals surface area contributed by atoms with Crippen LogP contribution in [0.3, 0.4) is 0 Å². The van der Waals surface area contributed by atoms with Crippen molar-refractivity contribution >= 4 is 11.8 Å². The van der Waals surface area contributed by atoms with Gasteiger partial charge in [-0.3, -0.25) is 9.59 Å². The van der Waals surface area contributed by atoms with E-state index in [9.17, 15) is 14.7 Å². The van der Waals surface area contributed by atoms with Crippen LogP contribution < -0.4 is 0 Å². The highest BCUT2D eigenvalue weighted by Gasteiger charge is 2.53. The summed E-state index contributed by atoms with van der Waals surface area (Å²) in [6, 6.07) is 0. The van der Waals surface area contributed by atoms with Gasteiger partial charge in [0.15, 0.2) is 5.78 Å². The molecule has 166 valence electrons. The van der Waals surface area contributed by atoms with Crippen LogP contribution in [0.5, 0.6) is 0 Å². The van der Waals surface area contributed by atoms with Crippen LogP contribution in [-0.2, 0) is 19.1 Å². The van der Waals surface area contributed by atoms with E-state index in [1.807, 2.05) is 40.7 Å². The van der Waals surface area contributed by atoms with Gasteiger partial charge in [0, 0.05) is 12.3 Å². The second-order valence-electron chi connectivity index (χ2n) is 10.2. The number of aliphatic hydroxyl groups is 1. The lowest BCUT2D eigenvalue weighted by Crippen LogP contribution is -2.46. The molecule has 6 unspecified atom stereocenters. The maximum atomic E-state index is 12.9. The zero-order chi connectivity index (χ0) is 22.4. The van der Waals surface area contributed by atoms with E-state index >= 15 is 0 Å². The largest absolute Gasteiger partial charge is 0.425 e.